The molecular weight excluding hydrogens is 152 g/mol. The van der Waals surface area contributed by atoms with Gasteiger partial charge in [0.25, 0.3) is 0 Å². The number of hydrogen-bond acceptors (Lipinski definition) is 1. The summed E-state index contributed by atoms with van der Waals surface area (Å²) in [5.41, 5.74) is 1.13. The van der Waals surface area contributed by atoms with E-state index in [1.807, 2.05) is 24.3 Å². The van der Waals surface area contributed by atoms with Crippen LogP contribution in [0.5, 0.6) is 0 Å². The highest BCUT2D eigenvalue weighted by atomic mass is 35.5. The minimum atomic E-state index is 0.577. The van der Waals surface area contributed by atoms with Gasteiger partial charge >= 0.3 is 0 Å². The summed E-state index contributed by atoms with van der Waals surface area (Å²) >= 11 is 9.68. The van der Waals surface area contributed by atoms with Gasteiger partial charge in [0.2, 0.25) is 0 Å². The van der Waals surface area contributed by atoms with Crippen LogP contribution < -0.4 is 0 Å². The van der Waals surface area contributed by atoms with Gasteiger partial charge in [0.1, 0.15) is 0 Å². The minimum Gasteiger partial charge on any atom is -0.143 e. The molecule has 0 unspecified atom stereocenters. The molecule has 0 amide bonds. The summed E-state index contributed by atoms with van der Waals surface area (Å²) in [7, 11) is 0. The minimum absolute atomic E-state index is 0.577. The van der Waals surface area contributed by atoms with E-state index in [9.17, 15) is 0 Å². The van der Waals surface area contributed by atoms with Crippen LogP contribution in [0.4, 0.5) is 0 Å². The number of benzene rings is 1. The Morgan fingerprint density at radius 2 is 1.78 bits per heavy atom. The van der Waals surface area contributed by atoms with Gasteiger partial charge < -0.3 is 0 Å². The summed E-state index contributed by atoms with van der Waals surface area (Å²) in [6.07, 6.45) is 0. The number of alkyl halides is 1. The van der Waals surface area contributed by atoms with E-state index in [2.05, 4.69) is 12.6 Å². The largest absolute Gasteiger partial charge is 0.143 e. The molecule has 9 heavy (non-hydrogen) atoms. The molecule has 0 aliphatic rings. The van der Waals surface area contributed by atoms with Crippen LogP contribution in [0.2, 0.25) is 0 Å². The molecule has 0 aromatic heterocycles. The summed E-state index contributed by atoms with van der Waals surface area (Å²) in [4.78, 5) is 0.976. The van der Waals surface area contributed by atoms with E-state index in [4.69, 9.17) is 11.6 Å². The van der Waals surface area contributed by atoms with E-state index < -0.39 is 0 Å². The van der Waals surface area contributed by atoms with E-state index >= 15 is 0 Å². The van der Waals surface area contributed by atoms with E-state index in [0.717, 1.165) is 10.5 Å². The van der Waals surface area contributed by atoms with E-state index in [1.165, 1.54) is 0 Å². The van der Waals surface area contributed by atoms with Gasteiger partial charge in [0, 0.05) is 10.8 Å². The zero-order valence-corrected chi connectivity index (χ0v) is 6.49. The van der Waals surface area contributed by atoms with Crippen LogP contribution in [0.1, 0.15) is 5.56 Å². The van der Waals surface area contributed by atoms with Crippen LogP contribution in [0.15, 0.2) is 29.2 Å². The molecule has 0 aliphatic carbocycles. The molecule has 0 fully saturated rings. The maximum absolute atomic E-state index is 5.55. The normalized spacial score (nSPS) is 9.56. The van der Waals surface area contributed by atoms with Gasteiger partial charge in [-0.2, -0.15) is 0 Å². The van der Waals surface area contributed by atoms with Crippen molar-refractivity contribution in [2.24, 2.45) is 0 Å². The number of hydrogen-bond donors (Lipinski definition) is 1. The summed E-state index contributed by atoms with van der Waals surface area (Å²) in [6, 6.07) is 7.80. The lowest BCUT2D eigenvalue weighted by atomic mass is 10.2. The summed E-state index contributed by atoms with van der Waals surface area (Å²) < 4.78 is 0. The summed E-state index contributed by atoms with van der Waals surface area (Å²) in [6.45, 7) is 0. The van der Waals surface area contributed by atoms with E-state index in [1.54, 1.807) is 0 Å². The highest BCUT2D eigenvalue weighted by molar-refractivity contribution is 7.80. The topological polar surface area (TPSA) is 0 Å². The van der Waals surface area contributed by atoms with Gasteiger partial charge in [-0.15, -0.1) is 24.2 Å². The lowest BCUT2D eigenvalue weighted by molar-refractivity contribution is 1.35. The van der Waals surface area contributed by atoms with Crippen LogP contribution in [-0.2, 0) is 5.88 Å². The molecule has 1 aromatic carbocycles. The molecule has 2 heteroatoms. The van der Waals surface area contributed by atoms with Crippen molar-refractivity contribution in [1.82, 2.24) is 0 Å². The molecule has 0 heterocycles. The first kappa shape index (κ1) is 6.97. The van der Waals surface area contributed by atoms with Crippen LogP contribution in [0, 0.1) is 0 Å². The molecule has 0 radical (unpaired) electrons. The van der Waals surface area contributed by atoms with Crippen molar-refractivity contribution in [2.75, 3.05) is 0 Å². The lowest BCUT2D eigenvalue weighted by Crippen LogP contribution is -1.73. The van der Waals surface area contributed by atoms with Crippen molar-refractivity contribution < 1.29 is 0 Å². The molecule has 1 aromatic rings. The average Bonchev–Trinajstić information content (AvgIpc) is 1.90. The molecule has 48 valence electrons. The lowest BCUT2D eigenvalue weighted by Gasteiger charge is -1.92. The second kappa shape index (κ2) is 3.14. The van der Waals surface area contributed by atoms with Crippen molar-refractivity contribution in [3.05, 3.63) is 29.8 Å². The Kier molecular flexibility index (Phi) is 2.43. The van der Waals surface area contributed by atoms with Gasteiger partial charge in [-0.05, 0) is 17.7 Å². The zero-order valence-electron chi connectivity index (χ0n) is 4.84. The number of thiol groups is 1. The monoisotopic (exact) mass is 158 g/mol. The van der Waals surface area contributed by atoms with Crippen molar-refractivity contribution >= 4 is 24.2 Å². The van der Waals surface area contributed by atoms with Crippen molar-refractivity contribution in [1.29, 1.82) is 0 Å². The zero-order chi connectivity index (χ0) is 6.69. The molecule has 0 spiro atoms. The van der Waals surface area contributed by atoms with Gasteiger partial charge in [0.15, 0.2) is 0 Å². The highest BCUT2D eigenvalue weighted by Crippen LogP contribution is 2.08. The van der Waals surface area contributed by atoms with Gasteiger partial charge in [-0.25, -0.2) is 0 Å². The quantitative estimate of drug-likeness (QED) is 0.472. The second-order valence-corrected chi connectivity index (χ2v) is 2.58. The molecule has 0 N–H and O–H groups in total. The highest BCUT2D eigenvalue weighted by Gasteiger charge is 1.86. The Morgan fingerprint density at radius 3 is 2.22 bits per heavy atom. The van der Waals surface area contributed by atoms with Crippen molar-refractivity contribution in [3.8, 4) is 0 Å². The fourth-order valence-corrected chi connectivity index (χ4v) is 0.912. The Hall–Kier alpha value is -0.140. The second-order valence-electron chi connectivity index (χ2n) is 1.80. The van der Waals surface area contributed by atoms with Crippen LogP contribution in [0.3, 0.4) is 0 Å². The Balaban J connectivity index is 2.88. The predicted molar refractivity (Wildman–Crippen MR) is 43.3 cm³/mol. The Bertz CT molecular complexity index is 181. The maximum atomic E-state index is 5.55. The maximum Gasteiger partial charge on any atom is 0.0474 e. The fourth-order valence-electron chi connectivity index (χ4n) is 0.585. The van der Waals surface area contributed by atoms with E-state index in [0.29, 0.717) is 5.88 Å². The molecule has 0 aliphatic heterocycles. The molecule has 0 atom stereocenters. The number of rotatable bonds is 1. The average molecular weight is 159 g/mol. The summed E-state index contributed by atoms with van der Waals surface area (Å²) in [5.74, 6) is 0.577. The smallest absolute Gasteiger partial charge is 0.0474 e. The Morgan fingerprint density at radius 1 is 1.22 bits per heavy atom. The molecule has 0 saturated carbocycles. The first-order chi connectivity index (χ1) is 4.33. The first-order valence-corrected chi connectivity index (χ1v) is 3.65. The first-order valence-electron chi connectivity index (χ1n) is 2.67. The molecular formula is C7H7ClS. The van der Waals surface area contributed by atoms with Gasteiger partial charge in [-0.3, -0.25) is 0 Å². The predicted octanol–water partition coefficient (Wildman–Crippen LogP) is 2.71. The molecule has 1 rings (SSSR count). The fraction of sp³-hybridized carbons (Fsp3) is 0.143. The van der Waals surface area contributed by atoms with Crippen LogP contribution in [-0.4, -0.2) is 0 Å². The standard InChI is InChI=1S/C7H7ClS/c8-5-6-1-3-7(9)4-2-6/h1-4,9H,5H2. The van der Waals surface area contributed by atoms with Gasteiger partial charge in [0.05, 0.1) is 0 Å². The van der Waals surface area contributed by atoms with Crippen molar-refractivity contribution in [2.45, 2.75) is 10.8 Å². The van der Waals surface area contributed by atoms with Crippen LogP contribution in [0.25, 0.3) is 0 Å². The third-order valence-corrected chi connectivity index (χ3v) is 1.70. The Labute approximate surface area is 65.3 Å². The molecule has 0 nitrogen and oxygen atoms in total. The third-order valence-electron chi connectivity index (χ3n) is 1.09. The van der Waals surface area contributed by atoms with Crippen molar-refractivity contribution in [3.63, 3.8) is 0 Å². The summed E-state index contributed by atoms with van der Waals surface area (Å²) in [5, 5.41) is 0. The molecule has 0 bridgehead atoms. The number of halogens is 1. The van der Waals surface area contributed by atoms with E-state index in [-0.39, 0.29) is 0 Å². The van der Waals surface area contributed by atoms with Gasteiger partial charge in [-0.1, -0.05) is 12.1 Å². The third kappa shape index (κ3) is 1.92. The molecule has 0 saturated heterocycles. The SMILES string of the molecule is Sc1ccc(CCl)cc1. The van der Waals surface area contributed by atoms with Crippen LogP contribution >= 0.6 is 24.2 Å².